The lowest BCUT2D eigenvalue weighted by Crippen LogP contribution is -2.35. The van der Waals surface area contributed by atoms with Crippen LogP contribution in [0.3, 0.4) is 0 Å². The summed E-state index contributed by atoms with van der Waals surface area (Å²) in [6.45, 7) is 1.85. The molecule has 0 saturated heterocycles. The fourth-order valence-electron chi connectivity index (χ4n) is 4.17. The zero-order valence-corrected chi connectivity index (χ0v) is 17.9. The molecule has 0 heterocycles. The van der Waals surface area contributed by atoms with Gasteiger partial charge in [-0.25, -0.2) is 5.43 Å². The Morgan fingerprint density at radius 2 is 2.10 bits per heavy atom. The number of nitrogens with zero attached hydrogens (tertiary/aromatic N) is 1. The molecule has 31 heavy (non-hydrogen) atoms. The number of aryl methyl sites for hydroxylation is 1. The number of methoxy groups -OCH3 is 1. The number of carbonyl (C=O) groups excluding carboxylic acids is 3. The van der Waals surface area contributed by atoms with E-state index >= 15 is 0 Å². The molecule has 8 heteroatoms. The van der Waals surface area contributed by atoms with Crippen molar-refractivity contribution in [2.45, 2.75) is 58.0 Å². The molecule has 1 aromatic rings. The first-order valence-corrected chi connectivity index (χ1v) is 10.5. The van der Waals surface area contributed by atoms with Crippen LogP contribution in [0.4, 0.5) is 0 Å². The molecule has 2 amide bonds. The van der Waals surface area contributed by atoms with E-state index in [0.717, 1.165) is 25.0 Å². The monoisotopic (exact) mass is 427 g/mol. The summed E-state index contributed by atoms with van der Waals surface area (Å²) in [5.41, 5.74) is 10.7. The van der Waals surface area contributed by atoms with Crippen LogP contribution in [0.15, 0.2) is 29.4 Å². The SMILES string of the molecule is COc1ccc2c(c1)CCC/C2=C\C[C@]1(C)C(=O)CC/C1=N\NC(=O)C[C@@H](O)C(N)=O. The van der Waals surface area contributed by atoms with Gasteiger partial charge in [0.2, 0.25) is 11.8 Å². The molecule has 1 fully saturated rings. The van der Waals surface area contributed by atoms with Gasteiger partial charge in [0.15, 0.2) is 0 Å². The minimum absolute atomic E-state index is 0.0836. The molecule has 0 unspecified atom stereocenters. The predicted octanol–water partition coefficient (Wildman–Crippen LogP) is 1.88. The maximum Gasteiger partial charge on any atom is 0.246 e. The summed E-state index contributed by atoms with van der Waals surface area (Å²) >= 11 is 0. The molecule has 4 N–H and O–H groups in total. The highest BCUT2D eigenvalue weighted by Gasteiger charge is 2.43. The fraction of sp³-hybridized carbons (Fsp3) is 0.478. The molecule has 166 valence electrons. The Labute approximate surface area is 181 Å². The van der Waals surface area contributed by atoms with E-state index in [4.69, 9.17) is 10.5 Å². The molecular formula is C23H29N3O5. The predicted molar refractivity (Wildman–Crippen MR) is 116 cm³/mol. The number of hydrogen-bond donors (Lipinski definition) is 3. The van der Waals surface area contributed by atoms with Crippen molar-refractivity contribution in [3.05, 3.63) is 35.4 Å². The van der Waals surface area contributed by atoms with Gasteiger partial charge in [0.1, 0.15) is 17.6 Å². The first kappa shape index (κ1) is 22.7. The smallest absolute Gasteiger partial charge is 0.246 e. The van der Waals surface area contributed by atoms with Crippen LogP contribution < -0.4 is 15.9 Å². The van der Waals surface area contributed by atoms with Gasteiger partial charge >= 0.3 is 0 Å². The average molecular weight is 428 g/mol. The van der Waals surface area contributed by atoms with Crippen LogP contribution in [-0.2, 0) is 20.8 Å². The number of allylic oxidation sites excluding steroid dienone is 2. The Bertz CT molecular complexity index is 953. The van der Waals surface area contributed by atoms with Gasteiger partial charge in [-0.15, -0.1) is 0 Å². The van der Waals surface area contributed by atoms with E-state index in [1.807, 2.05) is 13.0 Å². The van der Waals surface area contributed by atoms with E-state index in [0.29, 0.717) is 25.0 Å². The van der Waals surface area contributed by atoms with Crippen LogP contribution in [0.5, 0.6) is 5.75 Å². The van der Waals surface area contributed by atoms with Crippen molar-refractivity contribution in [3.8, 4) is 5.75 Å². The Kier molecular flexibility index (Phi) is 6.90. The van der Waals surface area contributed by atoms with E-state index < -0.39 is 29.8 Å². The van der Waals surface area contributed by atoms with Crippen LogP contribution in [-0.4, -0.2) is 41.6 Å². The second-order valence-corrected chi connectivity index (χ2v) is 8.28. The number of ether oxygens (including phenoxy) is 1. The van der Waals surface area contributed by atoms with Crippen molar-refractivity contribution in [2.24, 2.45) is 16.3 Å². The normalized spacial score (nSPS) is 24.2. The Hall–Kier alpha value is -3.00. The standard InChI is InChI=1S/C23H29N3O5/c1-23(11-10-14-4-3-5-15-12-16(31-2)6-7-17(14)15)19(8-9-20(23)28)25-26-21(29)13-18(27)22(24)30/h6-7,10,12,18,27H,3-5,8-9,11,13H2,1-2H3,(H2,24,30)(H,26,29)/b14-10+,25-19+/t18-,23+/m1/s1. The number of carbonyl (C=O) groups is 3. The van der Waals surface area contributed by atoms with Crippen molar-refractivity contribution < 1.29 is 24.2 Å². The zero-order chi connectivity index (χ0) is 22.6. The van der Waals surface area contributed by atoms with Crippen molar-refractivity contribution in [1.29, 1.82) is 0 Å². The van der Waals surface area contributed by atoms with E-state index in [-0.39, 0.29) is 5.78 Å². The third-order valence-corrected chi connectivity index (χ3v) is 6.17. The molecule has 0 spiro atoms. The topological polar surface area (TPSA) is 131 Å². The average Bonchev–Trinajstić information content (AvgIpc) is 3.04. The van der Waals surface area contributed by atoms with Crippen molar-refractivity contribution >= 4 is 28.9 Å². The number of hydrogen-bond acceptors (Lipinski definition) is 6. The lowest BCUT2D eigenvalue weighted by molar-refractivity contribution is -0.132. The molecule has 2 aliphatic rings. The lowest BCUT2D eigenvalue weighted by atomic mass is 9.80. The number of nitrogens with one attached hydrogen (secondary N) is 1. The molecule has 8 nitrogen and oxygen atoms in total. The highest BCUT2D eigenvalue weighted by atomic mass is 16.5. The molecule has 2 atom stereocenters. The second-order valence-electron chi connectivity index (χ2n) is 8.28. The maximum absolute atomic E-state index is 12.7. The van der Waals surface area contributed by atoms with Crippen LogP contribution in [0, 0.1) is 5.41 Å². The van der Waals surface area contributed by atoms with Gasteiger partial charge in [-0.05, 0) is 67.9 Å². The summed E-state index contributed by atoms with van der Waals surface area (Å²) < 4.78 is 5.33. The fourth-order valence-corrected chi connectivity index (χ4v) is 4.17. The number of benzene rings is 1. The van der Waals surface area contributed by atoms with Gasteiger partial charge in [0.05, 0.1) is 24.7 Å². The summed E-state index contributed by atoms with van der Waals surface area (Å²) in [7, 11) is 1.65. The number of hydrazone groups is 1. The van der Waals surface area contributed by atoms with Gasteiger partial charge in [0, 0.05) is 6.42 Å². The molecular weight excluding hydrogens is 398 g/mol. The summed E-state index contributed by atoms with van der Waals surface area (Å²) in [5, 5.41) is 13.6. The van der Waals surface area contributed by atoms with Crippen LogP contribution in [0.1, 0.15) is 56.6 Å². The Morgan fingerprint density at radius 3 is 2.81 bits per heavy atom. The molecule has 0 radical (unpaired) electrons. The first-order chi connectivity index (χ1) is 14.7. The lowest BCUT2D eigenvalue weighted by Gasteiger charge is -2.24. The third kappa shape index (κ3) is 5.02. The second kappa shape index (κ2) is 9.43. The summed E-state index contributed by atoms with van der Waals surface area (Å²) in [6, 6.07) is 6.08. The molecule has 0 aliphatic heterocycles. The van der Waals surface area contributed by atoms with E-state index in [1.54, 1.807) is 7.11 Å². The molecule has 3 rings (SSSR count). The summed E-state index contributed by atoms with van der Waals surface area (Å²) in [4.78, 5) is 35.5. The number of ketones is 1. The molecule has 2 aliphatic carbocycles. The number of nitrogens with two attached hydrogens (primary N) is 1. The third-order valence-electron chi connectivity index (χ3n) is 6.17. The largest absolute Gasteiger partial charge is 0.497 e. The van der Waals surface area contributed by atoms with Gasteiger partial charge in [0.25, 0.3) is 0 Å². The Balaban J connectivity index is 1.76. The van der Waals surface area contributed by atoms with E-state index in [9.17, 15) is 19.5 Å². The zero-order valence-electron chi connectivity index (χ0n) is 17.9. The Morgan fingerprint density at radius 1 is 1.32 bits per heavy atom. The highest BCUT2D eigenvalue weighted by Crippen LogP contribution is 2.39. The number of aliphatic hydroxyl groups excluding tert-OH is 1. The van der Waals surface area contributed by atoms with Crippen molar-refractivity contribution in [2.75, 3.05) is 7.11 Å². The number of amides is 2. The van der Waals surface area contributed by atoms with Gasteiger partial charge in [-0.1, -0.05) is 12.1 Å². The number of rotatable bonds is 7. The van der Waals surface area contributed by atoms with Crippen LogP contribution in [0.25, 0.3) is 5.57 Å². The minimum Gasteiger partial charge on any atom is -0.497 e. The quantitative estimate of drug-likeness (QED) is 0.572. The van der Waals surface area contributed by atoms with E-state index in [2.05, 4.69) is 28.7 Å². The van der Waals surface area contributed by atoms with Crippen LogP contribution >= 0.6 is 0 Å². The van der Waals surface area contributed by atoms with Crippen molar-refractivity contribution in [3.63, 3.8) is 0 Å². The molecule has 0 aromatic heterocycles. The van der Waals surface area contributed by atoms with Gasteiger partial charge in [-0.3, -0.25) is 14.4 Å². The summed E-state index contributed by atoms with van der Waals surface area (Å²) in [5.74, 6) is -0.681. The molecule has 0 bridgehead atoms. The van der Waals surface area contributed by atoms with Gasteiger partial charge in [-0.2, -0.15) is 5.10 Å². The first-order valence-electron chi connectivity index (χ1n) is 10.5. The summed E-state index contributed by atoms with van der Waals surface area (Å²) in [6.07, 6.45) is 4.38. The molecule has 1 aromatic carbocycles. The minimum atomic E-state index is -1.56. The van der Waals surface area contributed by atoms with Crippen molar-refractivity contribution in [1.82, 2.24) is 5.43 Å². The van der Waals surface area contributed by atoms with Crippen LogP contribution in [0.2, 0.25) is 0 Å². The number of primary amides is 1. The van der Waals surface area contributed by atoms with E-state index in [1.165, 1.54) is 16.7 Å². The maximum atomic E-state index is 12.7. The number of aliphatic hydroxyl groups is 1. The van der Waals surface area contributed by atoms with Gasteiger partial charge < -0.3 is 15.6 Å². The number of Topliss-reactive ketones (excluding diaryl/α,β-unsaturated/α-hetero) is 1. The molecule has 1 saturated carbocycles. The number of fused-ring (bicyclic) bond motifs is 1. The highest BCUT2D eigenvalue weighted by molar-refractivity contribution is 6.15.